The Labute approximate surface area is 113 Å². The van der Waals surface area contributed by atoms with Gasteiger partial charge in [-0.3, -0.25) is 4.79 Å². The summed E-state index contributed by atoms with van der Waals surface area (Å²) in [7, 11) is 4.01. The van der Waals surface area contributed by atoms with Crippen LogP contribution in [0.15, 0.2) is 10.9 Å². The first-order valence-corrected chi connectivity index (χ1v) is 6.69. The molecule has 0 spiro atoms. The molecule has 2 unspecified atom stereocenters. The number of β-amino-alcohol motifs (C(OH)–C–C–N with tert-alkyl or cyclic N) is 1. The number of hydrogen-bond donors (Lipinski definition) is 2. The summed E-state index contributed by atoms with van der Waals surface area (Å²) in [5.41, 5.74) is -0.133. The minimum absolute atomic E-state index is 0.133. The summed E-state index contributed by atoms with van der Waals surface area (Å²) in [6.45, 7) is 3.34. The lowest BCUT2D eigenvalue weighted by molar-refractivity contribution is 0.191. The van der Waals surface area contributed by atoms with Crippen LogP contribution in [0.25, 0.3) is 0 Å². The largest absolute Gasteiger partial charge is 0.391 e. The maximum Gasteiger partial charge on any atom is 0.252 e. The fourth-order valence-corrected chi connectivity index (χ4v) is 2.58. The Morgan fingerprint density at radius 1 is 1.58 bits per heavy atom. The molecular formula is C13H22N4O2. The van der Waals surface area contributed by atoms with Crippen molar-refractivity contribution in [2.45, 2.75) is 31.9 Å². The van der Waals surface area contributed by atoms with E-state index in [1.807, 2.05) is 25.9 Å². The van der Waals surface area contributed by atoms with Crippen molar-refractivity contribution < 1.29 is 5.11 Å². The fourth-order valence-electron chi connectivity index (χ4n) is 2.58. The van der Waals surface area contributed by atoms with Crippen molar-refractivity contribution >= 4 is 5.82 Å². The van der Waals surface area contributed by atoms with Crippen LogP contribution in [0.4, 0.5) is 5.82 Å². The van der Waals surface area contributed by atoms with Crippen LogP contribution in [-0.4, -0.2) is 59.3 Å². The number of aliphatic hydroxyl groups excluding tert-OH is 1. The molecule has 1 aliphatic rings. The molecule has 1 saturated heterocycles. The summed E-state index contributed by atoms with van der Waals surface area (Å²) in [6.07, 6.45) is 1.06. The second kappa shape index (κ2) is 5.71. The van der Waals surface area contributed by atoms with Gasteiger partial charge in [0.15, 0.2) is 0 Å². The summed E-state index contributed by atoms with van der Waals surface area (Å²) >= 11 is 0. The second-order valence-electron chi connectivity index (χ2n) is 5.36. The number of aromatic amines is 1. The number of nitrogens with one attached hydrogen (secondary N) is 1. The van der Waals surface area contributed by atoms with Gasteiger partial charge in [-0.1, -0.05) is 6.92 Å². The van der Waals surface area contributed by atoms with E-state index in [9.17, 15) is 9.90 Å². The Bertz CT molecular complexity index is 486. The van der Waals surface area contributed by atoms with Crippen LogP contribution in [-0.2, 0) is 6.42 Å². The zero-order valence-corrected chi connectivity index (χ0v) is 11.8. The molecule has 0 aliphatic carbocycles. The van der Waals surface area contributed by atoms with Gasteiger partial charge in [0.25, 0.3) is 5.56 Å². The third kappa shape index (κ3) is 3.33. The lowest BCUT2D eigenvalue weighted by Gasteiger charge is -2.27. The first kappa shape index (κ1) is 14.0. The monoisotopic (exact) mass is 266 g/mol. The van der Waals surface area contributed by atoms with Crippen LogP contribution in [0, 0.1) is 0 Å². The van der Waals surface area contributed by atoms with Gasteiger partial charge < -0.3 is 19.9 Å². The maximum atomic E-state index is 11.6. The van der Waals surface area contributed by atoms with Gasteiger partial charge in [-0.25, -0.2) is 4.98 Å². The van der Waals surface area contributed by atoms with Crippen molar-refractivity contribution in [3.8, 4) is 0 Å². The number of H-pyrrole nitrogens is 1. The van der Waals surface area contributed by atoms with Crippen molar-refractivity contribution in [1.29, 1.82) is 0 Å². The number of rotatable bonds is 4. The van der Waals surface area contributed by atoms with E-state index >= 15 is 0 Å². The number of likely N-dealkylation sites (N-methyl/N-ethyl adjacent to an activating group) is 1. The lowest BCUT2D eigenvalue weighted by atomic mass is 10.2. The predicted molar refractivity (Wildman–Crippen MR) is 74.5 cm³/mol. The molecule has 1 fully saturated rings. The van der Waals surface area contributed by atoms with Gasteiger partial charge in [0, 0.05) is 31.6 Å². The molecule has 0 amide bonds. The van der Waals surface area contributed by atoms with Crippen molar-refractivity contribution in [3.63, 3.8) is 0 Å². The molecule has 19 heavy (non-hydrogen) atoms. The zero-order chi connectivity index (χ0) is 14.0. The molecule has 106 valence electrons. The molecule has 2 N–H and O–H groups in total. The van der Waals surface area contributed by atoms with E-state index in [2.05, 4.69) is 14.9 Å². The molecule has 0 bridgehead atoms. The minimum atomic E-state index is -0.351. The maximum absolute atomic E-state index is 11.6. The SMILES string of the molecule is CCc1nc(N2CC(O)CC2CN(C)C)cc(=O)[nH]1. The molecule has 0 saturated carbocycles. The molecular weight excluding hydrogens is 244 g/mol. The summed E-state index contributed by atoms with van der Waals surface area (Å²) in [6, 6.07) is 1.71. The molecule has 2 rings (SSSR count). The van der Waals surface area contributed by atoms with Gasteiger partial charge in [0.1, 0.15) is 11.6 Å². The van der Waals surface area contributed by atoms with Gasteiger partial charge in [0.2, 0.25) is 0 Å². The Morgan fingerprint density at radius 2 is 2.32 bits per heavy atom. The number of anilines is 1. The van der Waals surface area contributed by atoms with Crippen LogP contribution in [0.2, 0.25) is 0 Å². The van der Waals surface area contributed by atoms with Gasteiger partial charge in [-0.2, -0.15) is 0 Å². The smallest absolute Gasteiger partial charge is 0.252 e. The Kier molecular flexibility index (Phi) is 4.21. The second-order valence-corrected chi connectivity index (χ2v) is 5.36. The molecule has 0 aromatic carbocycles. The number of hydrogen-bond acceptors (Lipinski definition) is 5. The highest BCUT2D eigenvalue weighted by Crippen LogP contribution is 2.23. The molecule has 6 nitrogen and oxygen atoms in total. The van der Waals surface area contributed by atoms with E-state index in [1.165, 1.54) is 6.07 Å². The van der Waals surface area contributed by atoms with Gasteiger partial charge in [-0.05, 0) is 20.5 Å². The first-order valence-electron chi connectivity index (χ1n) is 6.69. The molecule has 6 heteroatoms. The van der Waals surface area contributed by atoms with Crippen molar-refractivity contribution in [2.75, 3.05) is 32.1 Å². The molecule has 1 aromatic rings. The predicted octanol–water partition coefficient (Wildman–Crippen LogP) is -0.166. The summed E-state index contributed by atoms with van der Waals surface area (Å²) in [5, 5.41) is 9.87. The van der Waals surface area contributed by atoms with Gasteiger partial charge >= 0.3 is 0 Å². The zero-order valence-electron chi connectivity index (χ0n) is 11.8. The average molecular weight is 266 g/mol. The average Bonchev–Trinajstić information content (AvgIpc) is 2.68. The number of aromatic nitrogens is 2. The van der Waals surface area contributed by atoms with E-state index < -0.39 is 0 Å². The minimum Gasteiger partial charge on any atom is -0.391 e. The quantitative estimate of drug-likeness (QED) is 0.792. The molecule has 2 heterocycles. The van der Waals surface area contributed by atoms with Crippen molar-refractivity contribution in [3.05, 3.63) is 22.2 Å². The van der Waals surface area contributed by atoms with Crippen LogP contribution in [0.1, 0.15) is 19.2 Å². The van der Waals surface area contributed by atoms with E-state index in [1.54, 1.807) is 0 Å². The lowest BCUT2D eigenvalue weighted by Crippen LogP contribution is -2.38. The van der Waals surface area contributed by atoms with Crippen LogP contribution >= 0.6 is 0 Å². The Balaban J connectivity index is 2.28. The number of aliphatic hydroxyl groups is 1. The van der Waals surface area contributed by atoms with Crippen LogP contribution < -0.4 is 10.5 Å². The Morgan fingerprint density at radius 3 is 2.95 bits per heavy atom. The number of aryl methyl sites for hydroxylation is 1. The van der Waals surface area contributed by atoms with E-state index in [-0.39, 0.29) is 17.7 Å². The number of nitrogens with zero attached hydrogens (tertiary/aromatic N) is 3. The fraction of sp³-hybridized carbons (Fsp3) is 0.692. The topological polar surface area (TPSA) is 72.5 Å². The Hall–Kier alpha value is -1.40. The summed E-state index contributed by atoms with van der Waals surface area (Å²) in [5.74, 6) is 1.36. The third-order valence-corrected chi connectivity index (χ3v) is 3.37. The molecule has 1 aliphatic heterocycles. The molecule has 1 aromatic heterocycles. The van der Waals surface area contributed by atoms with Gasteiger partial charge in [0.05, 0.1) is 6.10 Å². The van der Waals surface area contributed by atoms with E-state index in [0.717, 1.165) is 6.54 Å². The molecule has 2 atom stereocenters. The highest BCUT2D eigenvalue weighted by atomic mass is 16.3. The highest BCUT2D eigenvalue weighted by Gasteiger charge is 2.32. The first-order chi connectivity index (χ1) is 8.99. The van der Waals surface area contributed by atoms with Crippen LogP contribution in [0.5, 0.6) is 0 Å². The van der Waals surface area contributed by atoms with Gasteiger partial charge in [-0.15, -0.1) is 0 Å². The van der Waals surface area contributed by atoms with E-state index in [4.69, 9.17) is 0 Å². The summed E-state index contributed by atoms with van der Waals surface area (Å²) < 4.78 is 0. The summed E-state index contributed by atoms with van der Waals surface area (Å²) in [4.78, 5) is 23.0. The highest BCUT2D eigenvalue weighted by molar-refractivity contribution is 5.41. The normalized spacial score (nSPS) is 23.3. The van der Waals surface area contributed by atoms with Crippen LogP contribution in [0.3, 0.4) is 0 Å². The standard InChI is InChI=1S/C13H22N4O2/c1-4-11-14-12(6-13(19)15-11)17-8-10(18)5-9(17)7-16(2)3/h6,9-10,18H,4-5,7-8H2,1-3H3,(H,14,15,19). The molecule has 0 radical (unpaired) electrons. The van der Waals surface area contributed by atoms with Crippen molar-refractivity contribution in [2.24, 2.45) is 0 Å². The van der Waals surface area contributed by atoms with E-state index in [0.29, 0.717) is 31.0 Å². The third-order valence-electron chi connectivity index (χ3n) is 3.37. The van der Waals surface area contributed by atoms with Crippen molar-refractivity contribution in [1.82, 2.24) is 14.9 Å².